The van der Waals surface area contributed by atoms with Gasteiger partial charge in [-0.1, -0.05) is 24.3 Å². The number of rotatable bonds is 5. The molecule has 1 aliphatic rings. The maximum Gasteiger partial charge on any atom is 0.265 e. The smallest absolute Gasteiger partial charge is 0.265 e. The Morgan fingerprint density at radius 3 is 2.68 bits per heavy atom. The van der Waals surface area contributed by atoms with Crippen LogP contribution in [-0.2, 0) is 9.53 Å². The lowest BCUT2D eigenvalue weighted by atomic mass is 10.2. The molecule has 132 valence electrons. The van der Waals surface area contributed by atoms with Gasteiger partial charge in [0.05, 0.1) is 24.6 Å². The van der Waals surface area contributed by atoms with Gasteiger partial charge in [-0.05, 0) is 43.7 Å². The van der Waals surface area contributed by atoms with Crippen molar-refractivity contribution < 1.29 is 14.3 Å². The second-order valence-electron chi connectivity index (χ2n) is 6.18. The molecule has 1 fully saturated rings. The van der Waals surface area contributed by atoms with E-state index in [0.717, 1.165) is 30.0 Å². The van der Waals surface area contributed by atoms with E-state index in [4.69, 9.17) is 9.47 Å². The van der Waals surface area contributed by atoms with E-state index >= 15 is 0 Å². The minimum atomic E-state index is -0.584. The van der Waals surface area contributed by atoms with E-state index in [-0.39, 0.29) is 5.91 Å². The molecule has 1 aliphatic heterocycles. The highest BCUT2D eigenvalue weighted by Gasteiger charge is 2.19. The highest BCUT2D eigenvalue weighted by Crippen LogP contribution is 2.26. The molecular weight excluding hydrogens is 316 g/mol. The van der Waals surface area contributed by atoms with Crippen molar-refractivity contribution in [3.05, 3.63) is 54.1 Å². The topological polar surface area (TPSA) is 50.8 Å². The van der Waals surface area contributed by atoms with Crippen LogP contribution in [-0.4, -0.2) is 38.3 Å². The number of nitrogens with zero attached hydrogens (tertiary/aromatic N) is 1. The zero-order chi connectivity index (χ0) is 17.6. The van der Waals surface area contributed by atoms with Gasteiger partial charge in [-0.2, -0.15) is 0 Å². The molecule has 25 heavy (non-hydrogen) atoms. The Morgan fingerprint density at radius 2 is 1.92 bits per heavy atom. The highest BCUT2D eigenvalue weighted by molar-refractivity contribution is 5.97. The van der Waals surface area contributed by atoms with Gasteiger partial charge < -0.3 is 19.7 Å². The Morgan fingerprint density at radius 1 is 1.16 bits per heavy atom. The van der Waals surface area contributed by atoms with Gasteiger partial charge in [0.1, 0.15) is 5.75 Å². The molecule has 0 spiro atoms. The number of benzene rings is 2. The molecule has 1 N–H and O–H groups in total. The van der Waals surface area contributed by atoms with Gasteiger partial charge in [-0.25, -0.2) is 0 Å². The molecule has 1 saturated heterocycles. The van der Waals surface area contributed by atoms with Crippen molar-refractivity contribution in [2.45, 2.75) is 20.0 Å². The second-order valence-corrected chi connectivity index (χ2v) is 6.18. The number of aryl methyl sites for hydroxylation is 1. The van der Waals surface area contributed by atoms with Crippen LogP contribution in [0.15, 0.2) is 48.5 Å². The van der Waals surface area contributed by atoms with Gasteiger partial charge >= 0.3 is 0 Å². The Kier molecular flexibility index (Phi) is 5.56. The molecule has 1 heterocycles. The first-order valence-electron chi connectivity index (χ1n) is 8.59. The molecule has 2 aromatic rings. The van der Waals surface area contributed by atoms with Gasteiger partial charge in [-0.15, -0.1) is 0 Å². The maximum atomic E-state index is 12.6. The van der Waals surface area contributed by atoms with E-state index in [9.17, 15) is 4.79 Å². The summed E-state index contributed by atoms with van der Waals surface area (Å²) in [6.45, 7) is 6.81. The third kappa shape index (κ3) is 4.51. The summed E-state index contributed by atoms with van der Waals surface area (Å²) in [5.74, 6) is 0.534. The summed E-state index contributed by atoms with van der Waals surface area (Å²) >= 11 is 0. The van der Waals surface area contributed by atoms with Gasteiger partial charge in [0.25, 0.3) is 5.91 Å². The minimum absolute atomic E-state index is 0.165. The Labute approximate surface area is 148 Å². The average Bonchev–Trinajstić information content (AvgIpc) is 2.63. The van der Waals surface area contributed by atoms with Crippen molar-refractivity contribution in [1.29, 1.82) is 0 Å². The van der Waals surface area contributed by atoms with Crippen LogP contribution in [0.5, 0.6) is 5.75 Å². The fourth-order valence-corrected chi connectivity index (χ4v) is 2.84. The third-order valence-electron chi connectivity index (χ3n) is 4.19. The van der Waals surface area contributed by atoms with Crippen LogP contribution >= 0.6 is 0 Å². The van der Waals surface area contributed by atoms with E-state index in [1.54, 1.807) is 6.92 Å². The molecule has 5 heteroatoms. The number of hydrogen-bond donors (Lipinski definition) is 1. The van der Waals surface area contributed by atoms with Gasteiger partial charge in [-0.3, -0.25) is 4.79 Å². The lowest BCUT2D eigenvalue weighted by Crippen LogP contribution is -2.37. The Balaban J connectivity index is 1.68. The molecule has 1 amide bonds. The summed E-state index contributed by atoms with van der Waals surface area (Å²) in [5, 5.41) is 3.00. The average molecular weight is 340 g/mol. The van der Waals surface area contributed by atoms with Crippen LogP contribution in [0.25, 0.3) is 0 Å². The first-order valence-corrected chi connectivity index (χ1v) is 8.59. The fourth-order valence-electron chi connectivity index (χ4n) is 2.84. The summed E-state index contributed by atoms with van der Waals surface area (Å²) in [7, 11) is 0. The number of amides is 1. The molecule has 0 radical (unpaired) electrons. The summed E-state index contributed by atoms with van der Waals surface area (Å²) in [6.07, 6.45) is -0.584. The predicted octanol–water partition coefficient (Wildman–Crippen LogP) is 3.24. The fraction of sp³-hybridized carbons (Fsp3) is 0.350. The van der Waals surface area contributed by atoms with Crippen molar-refractivity contribution in [3.63, 3.8) is 0 Å². The van der Waals surface area contributed by atoms with Gasteiger partial charge in [0.15, 0.2) is 6.10 Å². The van der Waals surface area contributed by atoms with Crippen LogP contribution in [0, 0.1) is 6.92 Å². The van der Waals surface area contributed by atoms with Crippen molar-refractivity contribution in [1.82, 2.24) is 0 Å². The minimum Gasteiger partial charge on any atom is -0.481 e. The van der Waals surface area contributed by atoms with E-state index in [1.807, 2.05) is 55.5 Å². The number of carbonyl (C=O) groups is 1. The predicted molar refractivity (Wildman–Crippen MR) is 99.4 cm³/mol. The van der Waals surface area contributed by atoms with Gasteiger partial charge in [0, 0.05) is 13.1 Å². The van der Waals surface area contributed by atoms with E-state index in [0.29, 0.717) is 19.0 Å². The standard InChI is InChI=1S/C20H24N2O3/c1-15-6-5-7-17(14-15)25-16(2)20(23)21-18-8-3-4-9-19(18)22-10-12-24-13-11-22/h3-9,14,16H,10-13H2,1-2H3,(H,21,23)/t16-/m1/s1. The zero-order valence-corrected chi connectivity index (χ0v) is 14.7. The third-order valence-corrected chi connectivity index (χ3v) is 4.19. The number of para-hydroxylation sites is 2. The molecular formula is C20H24N2O3. The van der Waals surface area contributed by atoms with Crippen LogP contribution in [0.2, 0.25) is 0 Å². The second kappa shape index (κ2) is 8.03. The summed E-state index contributed by atoms with van der Waals surface area (Å²) in [4.78, 5) is 14.8. The van der Waals surface area contributed by atoms with E-state index < -0.39 is 6.10 Å². The number of morpholine rings is 1. The molecule has 0 saturated carbocycles. The first-order chi connectivity index (χ1) is 12.1. The zero-order valence-electron chi connectivity index (χ0n) is 14.7. The van der Waals surface area contributed by atoms with Crippen molar-refractivity contribution >= 4 is 17.3 Å². The maximum absolute atomic E-state index is 12.6. The number of nitrogens with one attached hydrogen (secondary N) is 1. The van der Waals surface area contributed by atoms with Gasteiger partial charge in [0.2, 0.25) is 0 Å². The number of carbonyl (C=O) groups excluding carboxylic acids is 1. The molecule has 0 bridgehead atoms. The number of hydrogen-bond acceptors (Lipinski definition) is 4. The van der Waals surface area contributed by atoms with Crippen molar-refractivity contribution in [2.24, 2.45) is 0 Å². The van der Waals surface area contributed by atoms with E-state index in [2.05, 4.69) is 10.2 Å². The lowest BCUT2D eigenvalue weighted by molar-refractivity contribution is -0.122. The van der Waals surface area contributed by atoms with Crippen LogP contribution in [0.4, 0.5) is 11.4 Å². The lowest BCUT2D eigenvalue weighted by Gasteiger charge is -2.30. The quantitative estimate of drug-likeness (QED) is 0.908. The largest absolute Gasteiger partial charge is 0.481 e. The molecule has 2 aromatic carbocycles. The molecule has 5 nitrogen and oxygen atoms in total. The monoisotopic (exact) mass is 340 g/mol. The highest BCUT2D eigenvalue weighted by atomic mass is 16.5. The van der Waals surface area contributed by atoms with Crippen molar-refractivity contribution in [3.8, 4) is 5.75 Å². The Bertz CT molecular complexity index is 726. The van der Waals surface area contributed by atoms with Crippen LogP contribution in [0.1, 0.15) is 12.5 Å². The number of anilines is 2. The van der Waals surface area contributed by atoms with E-state index in [1.165, 1.54) is 0 Å². The van der Waals surface area contributed by atoms with Crippen molar-refractivity contribution in [2.75, 3.05) is 36.5 Å². The molecule has 3 rings (SSSR count). The normalized spacial score (nSPS) is 15.5. The first kappa shape index (κ1) is 17.3. The molecule has 0 aromatic heterocycles. The summed E-state index contributed by atoms with van der Waals surface area (Å²) in [6, 6.07) is 15.5. The summed E-state index contributed by atoms with van der Waals surface area (Å²) < 4.78 is 11.2. The molecule has 0 aliphatic carbocycles. The molecule has 1 atom stereocenters. The number of ether oxygens (including phenoxy) is 2. The molecule has 0 unspecified atom stereocenters. The summed E-state index contributed by atoms with van der Waals surface area (Å²) in [5.41, 5.74) is 2.92. The van der Waals surface area contributed by atoms with Crippen LogP contribution < -0.4 is 15.0 Å². The Hall–Kier alpha value is -2.53. The van der Waals surface area contributed by atoms with Crippen LogP contribution in [0.3, 0.4) is 0 Å². The SMILES string of the molecule is Cc1cccc(O[C@H](C)C(=O)Nc2ccccc2N2CCOCC2)c1.